The summed E-state index contributed by atoms with van der Waals surface area (Å²) < 4.78 is 0. The lowest BCUT2D eigenvalue weighted by molar-refractivity contribution is -0.383. The van der Waals surface area contributed by atoms with Crippen LogP contribution in [0.2, 0.25) is 0 Å². The normalized spacial score (nSPS) is 12.6. The Morgan fingerprint density at radius 2 is 1.77 bits per heavy atom. The second-order valence-electron chi connectivity index (χ2n) is 5.05. The van der Waals surface area contributed by atoms with Gasteiger partial charge in [0, 0.05) is 22.7 Å². The minimum Gasteiger partial charge on any atom is -0.339 e. The van der Waals surface area contributed by atoms with Crippen LogP contribution in [0.1, 0.15) is 5.56 Å². The molecule has 0 radical (unpaired) electrons. The fourth-order valence-electron chi connectivity index (χ4n) is 2.71. The van der Waals surface area contributed by atoms with Crippen molar-refractivity contribution in [2.75, 3.05) is 5.32 Å². The summed E-state index contributed by atoms with van der Waals surface area (Å²) in [6.45, 7) is 0. The van der Waals surface area contributed by atoms with E-state index in [4.69, 9.17) is 0 Å². The molecule has 0 fully saturated rings. The molecular formula is C17H11N3O2. The van der Waals surface area contributed by atoms with Crippen LogP contribution in [0.15, 0.2) is 65.7 Å². The Labute approximate surface area is 126 Å². The van der Waals surface area contributed by atoms with Gasteiger partial charge in [0.1, 0.15) is 5.84 Å². The predicted molar refractivity (Wildman–Crippen MR) is 86.9 cm³/mol. The summed E-state index contributed by atoms with van der Waals surface area (Å²) in [6.07, 6.45) is 0. The number of benzene rings is 3. The van der Waals surface area contributed by atoms with E-state index in [0.29, 0.717) is 11.5 Å². The summed E-state index contributed by atoms with van der Waals surface area (Å²) in [6, 6.07) is 18.6. The standard InChI is InChI=1S/C17H11N3O2/c21-20(22)14-10-9-11-7-4-8-13-15(11)16(14)19-17(18-13)12-5-2-1-3-6-12/h1-10H,(H,18,19). The summed E-state index contributed by atoms with van der Waals surface area (Å²) in [5.74, 6) is 0.620. The molecule has 0 unspecified atom stereocenters. The number of hydrogen-bond donors (Lipinski definition) is 1. The molecule has 22 heavy (non-hydrogen) atoms. The maximum absolute atomic E-state index is 11.3. The van der Waals surface area contributed by atoms with E-state index in [-0.39, 0.29) is 10.6 Å². The Bertz CT molecular complexity index is 933. The smallest absolute Gasteiger partial charge is 0.295 e. The van der Waals surface area contributed by atoms with E-state index in [0.717, 1.165) is 22.0 Å². The highest BCUT2D eigenvalue weighted by atomic mass is 16.6. The highest BCUT2D eigenvalue weighted by Crippen LogP contribution is 2.42. The molecule has 0 amide bonds. The number of nitro groups is 1. The number of anilines is 1. The van der Waals surface area contributed by atoms with Gasteiger partial charge in [-0.15, -0.1) is 0 Å². The Hall–Kier alpha value is -3.21. The number of nitro benzene ring substituents is 1. The molecule has 1 aliphatic rings. The molecule has 1 aliphatic heterocycles. The molecule has 0 atom stereocenters. The SMILES string of the molecule is O=[N+]([O-])c1ccc2cccc3c2c1N=C(c1ccccc1)N3. The lowest BCUT2D eigenvalue weighted by atomic mass is 10.0. The molecule has 5 heteroatoms. The number of amidine groups is 1. The summed E-state index contributed by atoms with van der Waals surface area (Å²) in [4.78, 5) is 15.5. The highest BCUT2D eigenvalue weighted by Gasteiger charge is 2.23. The zero-order valence-corrected chi connectivity index (χ0v) is 11.5. The maximum Gasteiger partial charge on any atom is 0.295 e. The van der Waals surface area contributed by atoms with Crippen LogP contribution in [-0.2, 0) is 0 Å². The third kappa shape index (κ3) is 1.83. The number of aliphatic imine (C=N–C) groups is 1. The van der Waals surface area contributed by atoms with Gasteiger partial charge in [0.25, 0.3) is 5.69 Å². The average molecular weight is 289 g/mol. The molecule has 0 saturated carbocycles. The largest absolute Gasteiger partial charge is 0.339 e. The van der Waals surface area contributed by atoms with Crippen molar-refractivity contribution >= 4 is 33.7 Å². The van der Waals surface area contributed by atoms with Gasteiger partial charge in [-0.2, -0.15) is 0 Å². The number of rotatable bonds is 2. The third-order valence-corrected chi connectivity index (χ3v) is 3.72. The molecule has 0 saturated heterocycles. The Balaban J connectivity index is 2.03. The fourth-order valence-corrected chi connectivity index (χ4v) is 2.71. The van der Waals surface area contributed by atoms with Crippen LogP contribution in [-0.4, -0.2) is 10.8 Å². The van der Waals surface area contributed by atoms with Gasteiger partial charge in [-0.1, -0.05) is 42.5 Å². The number of hydrogen-bond acceptors (Lipinski definition) is 4. The van der Waals surface area contributed by atoms with Gasteiger partial charge >= 0.3 is 0 Å². The van der Waals surface area contributed by atoms with E-state index in [1.807, 2.05) is 48.5 Å². The van der Waals surface area contributed by atoms with Crippen LogP contribution >= 0.6 is 0 Å². The molecule has 1 N–H and O–H groups in total. The highest BCUT2D eigenvalue weighted by molar-refractivity contribution is 6.20. The lowest BCUT2D eigenvalue weighted by Crippen LogP contribution is -2.16. The third-order valence-electron chi connectivity index (χ3n) is 3.72. The first-order valence-electron chi connectivity index (χ1n) is 6.85. The summed E-state index contributed by atoms with van der Waals surface area (Å²) >= 11 is 0. The first-order chi connectivity index (χ1) is 10.7. The van der Waals surface area contributed by atoms with Crippen LogP contribution in [0.5, 0.6) is 0 Å². The topological polar surface area (TPSA) is 67.5 Å². The molecule has 0 aromatic heterocycles. The number of nitrogens with one attached hydrogen (secondary N) is 1. The second-order valence-corrected chi connectivity index (χ2v) is 5.05. The van der Waals surface area contributed by atoms with Crippen molar-refractivity contribution in [1.82, 2.24) is 0 Å². The van der Waals surface area contributed by atoms with Gasteiger partial charge in [-0.3, -0.25) is 10.1 Å². The van der Waals surface area contributed by atoms with Crippen LogP contribution in [0.3, 0.4) is 0 Å². The van der Waals surface area contributed by atoms with Crippen LogP contribution in [0, 0.1) is 10.1 Å². The van der Waals surface area contributed by atoms with Crippen molar-refractivity contribution in [2.45, 2.75) is 0 Å². The zero-order chi connectivity index (χ0) is 15.1. The van der Waals surface area contributed by atoms with Crippen molar-refractivity contribution in [3.63, 3.8) is 0 Å². The molecule has 0 aliphatic carbocycles. The molecule has 0 bridgehead atoms. The van der Waals surface area contributed by atoms with Crippen molar-refractivity contribution < 1.29 is 4.92 Å². The van der Waals surface area contributed by atoms with Crippen molar-refractivity contribution in [2.24, 2.45) is 4.99 Å². The van der Waals surface area contributed by atoms with Crippen LogP contribution in [0.25, 0.3) is 10.8 Å². The van der Waals surface area contributed by atoms with Gasteiger partial charge < -0.3 is 5.32 Å². The molecule has 106 valence electrons. The summed E-state index contributed by atoms with van der Waals surface area (Å²) in [5, 5.41) is 16.3. The molecule has 3 aromatic carbocycles. The van der Waals surface area contributed by atoms with E-state index >= 15 is 0 Å². The Morgan fingerprint density at radius 3 is 2.55 bits per heavy atom. The summed E-state index contributed by atoms with van der Waals surface area (Å²) in [5.41, 5.74) is 2.17. The van der Waals surface area contributed by atoms with Crippen LogP contribution < -0.4 is 5.32 Å². The average Bonchev–Trinajstić information content (AvgIpc) is 2.56. The van der Waals surface area contributed by atoms with Crippen molar-refractivity contribution in [3.8, 4) is 0 Å². The monoisotopic (exact) mass is 289 g/mol. The fraction of sp³-hybridized carbons (Fsp3) is 0. The minimum absolute atomic E-state index is 0.0230. The molecule has 3 aromatic rings. The quantitative estimate of drug-likeness (QED) is 0.566. The Kier molecular flexibility index (Phi) is 2.66. The minimum atomic E-state index is -0.386. The molecule has 4 rings (SSSR count). The summed E-state index contributed by atoms with van der Waals surface area (Å²) in [7, 11) is 0. The van der Waals surface area contributed by atoms with E-state index in [9.17, 15) is 10.1 Å². The van der Waals surface area contributed by atoms with Crippen molar-refractivity contribution in [3.05, 3.63) is 76.3 Å². The first-order valence-corrected chi connectivity index (χ1v) is 6.85. The van der Waals surface area contributed by atoms with Crippen LogP contribution in [0.4, 0.5) is 17.1 Å². The maximum atomic E-state index is 11.3. The van der Waals surface area contributed by atoms with Gasteiger partial charge in [0.2, 0.25) is 0 Å². The van der Waals surface area contributed by atoms with Crippen molar-refractivity contribution in [1.29, 1.82) is 0 Å². The molecular weight excluding hydrogens is 278 g/mol. The predicted octanol–water partition coefficient (Wildman–Crippen LogP) is 4.25. The number of nitrogens with zero attached hydrogens (tertiary/aromatic N) is 2. The molecule has 0 spiro atoms. The molecule has 5 nitrogen and oxygen atoms in total. The Morgan fingerprint density at radius 1 is 0.955 bits per heavy atom. The second kappa shape index (κ2) is 4.66. The zero-order valence-electron chi connectivity index (χ0n) is 11.5. The van der Waals surface area contributed by atoms with E-state index in [1.54, 1.807) is 6.07 Å². The van der Waals surface area contributed by atoms with E-state index < -0.39 is 0 Å². The van der Waals surface area contributed by atoms with Gasteiger partial charge in [-0.05, 0) is 17.5 Å². The van der Waals surface area contributed by atoms with Gasteiger partial charge in [-0.25, -0.2) is 4.99 Å². The van der Waals surface area contributed by atoms with Gasteiger partial charge in [0.05, 0.1) is 4.92 Å². The van der Waals surface area contributed by atoms with E-state index in [1.165, 1.54) is 6.07 Å². The first kappa shape index (κ1) is 12.5. The van der Waals surface area contributed by atoms with E-state index in [2.05, 4.69) is 10.3 Å². The molecule has 1 heterocycles. The van der Waals surface area contributed by atoms with Gasteiger partial charge in [0.15, 0.2) is 5.69 Å². The lowest BCUT2D eigenvalue weighted by Gasteiger charge is -2.19.